The number of nitrogens with one attached hydrogen (secondary N) is 2. The molecule has 6 nitrogen and oxygen atoms in total. The lowest BCUT2D eigenvalue weighted by atomic mass is 9.83. The molecule has 1 aromatic rings. The van der Waals surface area contributed by atoms with Crippen LogP contribution in [0.5, 0.6) is 0 Å². The monoisotopic (exact) mass is 402 g/mol. The van der Waals surface area contributed by atoms with Crippen molar-refractivity contribution in [3.8, 4) is 0 Å². The van der Waals surface area contributed by atoms with Crippen LogP contribution in [-0.4, -0.2) is 46.2 Å². The molecule has 28 heavy (non-hydrogen) atoms. The molecule has 1 aromatic heterocycles. The van der Waals surface area contributed by atoms with Crippen molar-refractivity contribution in [2.75, 3.05) is 19.6 Å². The second kappa shape index (κ2) is 8.23. The third-order valence-electron chi connectivity index (χ3n) is 6.62. The third kappa shape index (κ3) is 4.09. The molecule has 4 rings (SSSR count). The van der Waals surface area contributed by atoms with Gasteiger partial charge in [0.25, 0.3) is 5.56 Å². The average molecular weight is 403 g/mol. The summed E-state index contributed by atoms with van der Waals surface area (Å²) in [6.45, 7) is 4.84. The van der Waals surface area contributed by atoms with Gasteiger partial charge in [0.2, 0.25) is 5.91 Å². The van der Waals surface area contributed by atoms with Gasteiger partial charge in [0.15, 0.2) is 5.11 Å². The lowest BCUT2D eigenvalue weighted by Crippen LogP contribution is -2.53. The number of piperidine rings is 1. The van der Waals surface area contributed by atoms with Crippen molar-refractivity contribution in [2.45, 2.75) is 57.5 Å². The first-order valence-corrected chi connectivity index (χ1v) is 10.9. The van der Waals surface area contributed by atoms with Gasteiger partial charge < -0.3 is 20.1 Å². The Morgan fingerprint density at radius 1 is 1.21 bits per heavy atom. The number of pyridine rings is 1. The van der Waals surface area contributed by atoms with Crippen molar-refractivity contribution >= 4 is 23.2 Å². The number of carbonyl (C=O) groups excluding carboxylic acids is 1. The zero-order chi connectivity index (χ0) is 19.7. The van der Waals surface area contributed by atoms with Gasteiger partial charge in [-0.1, -0.05) is 25.8 Å². The molecule has 1 amide bonds. The Morgan fingerprint density at radius 3 is 2.86 bits per heavy atom. The molecule has 7 heteroatoms. The number of aromatic nitrogens is 1. The predicted octanol–water partition coefficient (Wildman–Crippen LogP) is 1.84. The standard InChI is InChI=1S/C21H30N4O2S/c1-14-5-2-3-6-17(14)23-19(26)10-22-21(28)24-11-15-9-16(13-24)18-7-4-8-20(27)25(18)12-15/h4,7-8,14-17H,2-3,5-6,9-13H2,1H3,(H,22,28)(H,23,26)/t14-,15+,16-,17-/m0/s1. The van der Waals surface area contributed by atoms with Gasteiger partial charge >= 0.3 is 0 Å². The second-order valence-electron chi connectivity index (χ2n) is 8.70. The lowest BCUT2D eigenvalue weighted by molar-refractivity contribution is -0.121. The Morgan fingerprint density at radius 2 is 2.04 bits per heavy atom. The Labute approximate surface area is 171 Å². The lowest BCUT2D eigenvalue weighted by Gasteiger charge is -2.43. The van der Waals surface area contributed by atoms with Crippen molar-refractivity contribution < 1.29 is 4.79 Å². The van der Waals surface area contributed by atoms with Gasteiger partial charge in [-0.15, -0.1) is 0 Å². The summed E-state index contributed by atoms with van der Waals surface area (Å²) in [5.41, 5.74) is 1.20. The number of hydrogen-bond donors (Lipinski definition) is 2. The zero-order valence-corrected chi connectivity index (χ0v) is 17.3. The number of rotatable bonds is 3. The topological polar surface area (TPSA) is 66.4 Å². The summed E-state index contributed by atoms with van der Waals surface area (Å²) in [6, 6.07) is 5.84. The summed E-state index contributed by atoms with van der Waals surface area (Å²) in [5.74, 6) is 1.31. The highest BCUT2D eigenvalue weighted by Gasteiger charge is 2.35. The summed E-state index contributed by atoms with van der Waals surface area (Å²) in [6.07, 6.45) is 5.83. The molecule has 1 aliphatic carbocycles. The van der Waals surface area contributed by atoms with Crippen LogP contribution >= 0.6 is 12.2 Å². The molecule has 2 bridgehead atoms. The minimum Gasteiger partial charge on any atom is -0.354 e. The second-order valence-corrected chi connectivity index (χ2v) is 9.08. The molecular formula is C21H30N4O2S. The smallest absolute Gasteiger partial charge is 0.250 e. The minimum atomic E-state index is 0.0233. The third-order valence-corrected chi connectivity index (χ3v) is 7.03. The maximum atomic E-state index is 12.4. The quantitative estimate of drug-likeness (QED) is 0.756. The molecule has 2 N–H and O–H groups in total. The van der Waals surface area contributed by atoms with Gasteiger partial charge in [0, 0.05) is 43.4 Å². The van der Waals surface area contributed by atoms with Gasteiger partial charge in [0.05, 0.1) is 6.54 Å². The molecule has 3 aliphatic rings. The van der Waals surface area contributed by atoms with E-state index in [9.17, 15) is 9.59 Å². The zero-order valence-electron chi connectivity index (χ0n) is 16.5. The van der Waals surface area contributed by atoms with Crippen molar-refractivity contribution in [3.63, 3.8) is 0 Å². The molecule has 0 spiro atoms. The number of carbonyl (C=O) groups is 1. The van der Waals surface area contributed by atoms with Crippen LogP contribution in [0.2, 0.25) is 0 Å². The van der Waals surface area contributed by atoms with Gasteiger partial charge in [-0.05, 0) is 49.4 Å². The van der Waals surface area contributed by atoms with Crippen LogP contribution in [0.25, 0.3) is 0 Å². The highest BCUT2D eigenvalue weighted by atomic mass is 32.1. The number of likely N-dealkylation sites (tertiary alicyclic amines) is 1. The number of fused-ring (bicyclic) bond motifs is 4. The SMILES string of the molecule is C[C@H]1CCCC[C@@H]1NC(=O)CNC(=S)N1C[C@H]2C[C@@H](C1)c1cccc(=O)n1C2. The van der Waals surface area contributed by atoms with E-state index in [1.807, 2.05) is 10.6 Å². The van der Waals surface area contributed by atoms with E-state index in [1.165, 1.54) is 19.3 Å². The average Bonchev–Trinajstić information content (AvgIpc) is 2.68. The summed E-state index contributed by atoms with van der Waals surface area (Å²) in [4.78, 5) is 26.7. The largest absolute Gasteiger partial charge is 0.354 e. The highest BCUT2D eigenvalue weighted by molar-refractivity contribution is 7.80. The first kappa shape index (κ1) is 19.4. The Kier molecular flexibility index (Phi) is 5.71. The number of hydrogen-bond acceptors (Lipinski definition) is 3. The van der Waals surface area contributed by atoms with Crippen LogP contribution in [0.15, 0.2) is 23.0 Å². The molecule has 1 saturated carbocycles. The van der Waals surface area contributed by atoms with Gasteiger partial charge in [-0.2, -0.15) is 0 Å². The fraction of sp³-hybridized carbons (Fsp3) is 0.667. The van der Waals surface area contributed by atoms with E-state index in [-0.39, 0.29) is 18.0 Å². The molecule has 0 radical (unpaired) electrons. The van der Waals surface area contributed by atoms with E-state index in [4.69, 9.17) is 12.2 Å². The molecule has 2 aliphatic heterocycles. The maximum absolute atomic E-state index is 12.4. The fourth-order valence-corrected chi connectivity index (χ4v) is 5.34. The van der Waals surface area contributed by atoms with Crippen LogP contribution in [0.3, 0.4) is 0 Å². The van der Waals surface area contributed by atoms with Crippen LogP contribution in [-0.2, 0) is 11.3 Å². The molecule has 3 heterocycles. The van der Waals surface area contributed by atoms with E-state index >= 15 is 0 Å². The molecular weight excluding hydrogens is 372 g/mol. The van der Waals surface area contributed by atoms with E-state index in [0.717, 1.165) is 38.2 Å². The van der Waals surface area contributed by atoms with E-state index in [2.05, 4.69) is 28.5 Å². The van der Waals surface area contributed by atoms with Crippen LogP contribution in [0.4, 0.5) is 0 Å². The molecule has 1 saturated heterocycles. The number of thiocarbonyl (C=S) groups is 1. The number of amides is 1. The van der Waals surface area contributed by atoms with Crippen LogP contribution in [0, 0.1) is 11.8 Å². The van der Waals surface area contributed by atoms with Gasteiger partial charge in [0.1, 0.15) is 0 Å². The Bertz CT molecular complexity index is 808. The fourth-order valence-electron chi connectivity index (χ4n) is 5.12. The maximum Gasteiger partial charge on any atom is 0.250 e. The number of nitrogens with zero attached hydrogens (tertiary/aromatic N) is 2. The van der Waals surface area contributed by atoms with E-state index in [1.54, 1.807) is 6.07 Å². The first-order chi connectivity index (χ1) is 13.5. The van der Waals surface area contributed by atoms with E-state index in [0.29, 0.717) is 28.9 Å². The normalized spacial score (nSPS) is 29.0. The molecule has 0 unspecified atom stereocenters. The summed E-state index contributed by atoms with van der Waals surface area (Å²) in [7, 11) is 0. The molecule has 0 aromatic carbocycles. The van der Waals surface area contributed by atoms with Gasteiger partial charge in [-0.25, -0.2) is 0 Å². The van der Waals surface area contributed by atoms with Crippen molar-refractivity contribution in [1.82, 2.24) is 20.1 Å². The minimum absolute atomic E-state index is 0.0233. The van der Waals surface area contributed by atoms with Crippen LogP contribution in [0.1, 0.15) is 50.6 Å². The van der Waals surface area contributed by atoms with Crippen LogP contribution < -0.4 is 16.2 Å². The predicted molar refractivity (Wildman–Crippen MR) is 113 cm³/mol. The summed E-state index contributed by atoms with van der Waals surface area (Å²) in [5, 5.41) is 6.97. The van der Waals surface area contributed by atoms with Crippen molar-refractivity contribution in [2.24, 2.45) is 11.8 Å². The molecule has 152 valence electrons. The molecule has 4 atom stereocenters. The first-order valence-electron chi connectivity index (χ1n) is 10.5. The highest BCUT2D eigenvalue weighted by Crippen LogP contribution is 2.34. The van der Waals surface area contributed by atoms with Crippen molar-refractivity contribution in [3.05, 3.63) is 34.2 Å². The van der Waals surface area contributed by atoms with Crippen molar-refractivity contribution in [1.29, 1.82) is 0 Å². The Balaban J connectivity index is 1.31. The van der Waals surface area contributed by atoms with E-state index < -0.39 is 0 Å². The Hall–Kier alpha value is -1.89. The molecule has 2 fully saturated rings. The summed E-state index contributed by atoms with van der Waals surface area (Å²) < 4.78 is 1.92. The van der Waals surface area contributed by atoms with Gasteiger partial charge in [-0.3, -0.25) is 9.59 Å². The summed E-state index contributed by atoms with van der Waals surface area (Å²) >= 11 is 5.59.